The number of benzene rings is 6. The smallest absolute Gasteiger partial charge is 0.0305 e. The zero-order chi connectivity index (χ0) is 58.5. The Morgan fingerprint density at radius 2 is 0.333 bits per heavy atom. The van der Waals surface area contributed by atoms with Crippen LogP contribution in [0.1, 0.15) is 255 Å². The summed E-state index contributed by atoms with van der Waals surface area (Å²) in [7, 11) is 0. The van der Waals surface area contributed by atoms with Gasteiger partial charge in [0.05, 0.1) is 0 Å². The van der Waals surface area contributed by atoms with Gasteiger partial charge in [0.2, 0.25) is 0 Å². The van der Waals surface area contributed by atoms with Crippen LogP contribution >= 0.6 is 0 Å². The van der Waals surface area contributed by atoms with E-state index in [2.05, 4.69) is 344 Å². The van der Waals surface area contributed by atoms with Gasteiger partial charge >= 0.3 is 0 Å². The maximum atomic E-state index is 4.05. The van der Waals surface area contributed by atoms with Crippen LogP contribution in [-0.2, 0) is 37.9 Å². The zero-order valence-corrected chi connectivity index (χ0v) is 53.6. The molecule has 1 heterocycles. The van der Waals surface area contributed by atoms with Crippen molar-refractivity contribution >= 4 is 0 Å². The second-order valence-electron chi connectivity index (χ2n) is 28.2. The van der Waals surface area contributed by atoms with Gasteiger partial charge in [-0.3, -0.25) is 4.98 Å². The van der Waals surface area contributed by atoms with Crippen molar-refractivity contribution in [2.45, 2.75) is 262 Å². The van der Waals surface area contributed by atoms with Crippen molar-refractivity contribution in [2.75, 3.05) is 0 Å². The quantitative estimate of drug-likeness (QED) is 0.147. The number of aryl methyl sites for hydroxylation is 6. The van der Waals surface area contributed by atoms with Gasteiger partial charge in [-0.25, -0.2) is 0 Å². The van der Waals surface area contributed by atoms with E-state index in [0.717, 1.165) is 0 Å². The highest BCUT2D eigenvalue weighted by Gasteiger charge is 2.16. The molecule has 0 saturated heterocycles. The Labute approximate surface area is 506 Å². The summed E-state index contributed by atoms with van der Waals surface area (Å²) in [6.07, 6.45) is 3.72. The van der Waals surface area contributed by atoms with Gasteiger partial charge in [-0.1, -0.05) is 368 Å². The lowest BCUT2D eigenvalue weighted by molar-refractivity contribution is 0.587. The molecule has 0 bridgehead atoms. The maximum Gasteiger partial charge on any atom is 0.0305 e. The molecule has 0 spiro atoms. The second-order valence-corrected chi connectivity index (χ2v) is 28.2. The summed E-state index contributed by atoms with van der Waals surface area (Å²) in [5.41, 5.74) is 19.7. The molecule has 6 aromatic carbocycles. The molecule has 0 fully saturated rings. The lowest BCUT2D eigenvalue weighted by Gasteiger charge is -2.18. The third-order valence-corrected chi connectivity index (χ3v) is 13.0. The third kappa shape index (κ3) is 35.8. The van der Waals surface area contributed by atoms with E-state index in [1.807, 2.05) is 12.3 Å². The molecule has 0 aliphatic heterocycles. The monoisotopic (exact) mass is 1100 g/mol. The van der Waals surface area contributed by atoms with E-state index in [-0.39, 0.29) is 75.0 Å². The number of nitrogens with zero attached hydrogens (tertiary/aromatic N) is 1. The van der Waals surface area contributed by atoms with E-state index in [0.29, 0.717) is 0 Å². The van der Waals surface area contributed by atoms with Crippen molar-refractivity contribution < 1.29 is 0 Å². The van der Waals surface area contributed by atoms with Crippen LogP contribution in [0, 0.1) is 41.5 Å². The average Bonchev–Trinajstić information content (AvgIpc) is 3.29. The highest BCUT2D eigenvalue weighted by molar-refractivity contribution is 5.31. The number of hydrogen-bond donors (Lipinski definition) is 0. The average molecular weight is 1100 g/mol. The van der Waals surface area contributed by atoms with E-state index in [1.165, 1.54) is 72.3 Å². The fraction of sp³-hybridized carbons (Fsp3) is 0.487. The lowest BCUT2D eigenvalue weighted by Crippen LogP contribution is -2.10. The second kappa shape index (κ2) is 36.8. The normalized spacial score (nSPS) is 10.9. The Bertz CT molecular complexity index is 2180. The van der Waals surface area contributed by atoms with Crippen molar-refractivity contribution in [3.8, 4) is 0 Å². The molecule has 454 valence electrons. The molecule has 0 aliphatic rings. The molecule has 7 aromatic rings. The van der Waals surface area contributed by atoms with Gasteiger partial charge in [0.15, 0.2) is 0 Å². The van der Waals surface area contributed by atoms with E-state index in [1.54, 1.807) is 6.20 Å². The molecule has 0 aliphatic carbocycles. The summed E-state index contributed by atoms with van der Waals surface area (Å²) in [4.78, 5) is 4.05. The first-order valence-corrected chi connectivity index (χ1v) is 27.9. The van der Waals surface area contributed by atoms with Crippen molar-refractivity contribution in [2.24, 2.45) is 0 Å². The van der Waals surface area contributed by atoms with Gasteiger partial charge in [-0.15, -0.1) is 0 Å². The molecule has 0 saturated carbocycles. The molecular weight excluding hydrogens is 975 g/mol. The fourth-order valence-electron chi connectivity index (χ4n) is 7.13. The Morgan fingerprint density at radius 1 is 0.198 bits per heavy atom. The van der Waals surface area contributed by atoms with E-state index in [4.69, 9.17) is 0 Å². The summed E-state index contributed by atoms with van der Waals surface area (Å²) in [5, 5.41) is 0. The van der Waals surface area contributed by atoms with E-state index >= 15 is 0 Å². The van der Waals surface area contributed by atoms with Crippen LogP contribution in [-0.4, -0.2) is 4.98 Å². The first kappa shape index (κ1) is 84.3. The molecule has 0 unspecified atom stereocenters. The first-order valence-electron chi connectivity index (χ1n) is 27.9. The summed E-state index contributed by atoms with van der Waals surface area (Å²) in [5.74, 6) is 0. The number of aromatic nitrogens is 1. The number of pyridine rings is 1. The van der Waals surface area contributed by atoms with E-state index in [9.17, 15) is 0 Å². The molecule has 1 aromatic heterocycles. The maximum absolute atomic E-state index is 4.05. The largest absolute Gasteiger partial charge is 0.264 e. The van der Waals surface area contributed by atoms with Crippen molar-refractivity contribution in [1.29, 1.82) is 0 Å². The summed E-state index contributed by atoms with van der Waals surface area (Å²) in [6.45, 7) is 59.5. The van der Waals surface area contributed by atoms with Crippen LogP contribution in [0.5, 0.6) is 0 Å². The molecule has 7 rings (SSSR count). The predicted octanol–water partition coefficient (Wildman–Crippen LogP) is 25.3. The van der Waals surface area contributed by atoms with Crippen molar-refractivity contribution in [1.82, 2.24) is 4.98 Å². The SMILES string of the molecule is C.C.C.C.C.CC(C)(C)c1cccnc1.Cc1ccc(C(C)(C)C)cc1.Cc1ccc(C(C)(C)C)cc1.Cc1ccc(C(C)(C)C)cc1.Cc1ccc(C(C)(C)C)cc1.Cc1ccc(C(C)(C)C)cc1.Cc1ccc(C(C)(C)C)cc1. The van der Waals surface area contributed by atoms with Crippen molar-refractivity contribution in [3.63, 3.8) is 0 Å². The topological polar surface area (TPSA) is 12.9 Å². The molecule has 81 heavy (non-hydrogen) atoms. The Morgan fingerprint density at radius 3 is 0.420 bits per heavy atom. The number of hydrogen-bond acceptors (Lipinski definition) is 1. The van der Waals surface area contributed by atoms with Crippen LogP contribution in [0.4, 0.5) is 0 Å². The highest BCUT2D eigenvalue weighted by Crippen LogP contribution is 2.26. The van der Waals surface area contributed by atoms with Gasteiger partial charge in [0.25, 0.3) is 0 Å². The zero-order valence-electron chi connectivity index (χ0n) is 53.6. The summed E-state index contributed by atoms with van der Waals surface area (Å²) >= 11 is 0. The van der Waals surface area contributed by atoms with Crippen LogP contribution in [0.15, 0.2) is 170 Å². The summed E-state index contributed by atoms with van der Waals surface area (Å²) < 4.78 is 0. The Kier molecular flexibility index (Phi) is 38.3. The van der Waals surface area contributed by atoms with Crippen LogP contribution < -0.4 is 0 Å². The van der Waals surface area contributed by atoms with Crippen molar-refractivity contribution in [3.05, 3.63) is 242 Å². The van der Waals surface area contributed by atoms with Gasteiger partial charge in [0.1, 0.15) is 0 Å². The Hall–Kier alpha value is -5.53. The van der Waals surface area contributed by atoms with Gasteiger partial charge in [-0.05, 0) is 124 Å². The predicted molar refractivity (Wildman–Crippen MR) is 376 cm³/mol. The minimum absolute atomic E-state index is 0. The summed E-state index contributed by atoms with van der Waals surface area (Å²) in [6, 6.07) is 56.5. The molecule has 0 N–H and O–H groups in total. The van der Waals surface area contributed by atoms with Gasteiger partial charge in [-0.2, -0.15) is 0 Å². The molecule has 0 radical (unpaired) electrons. The van der Waals surface area contributed by atoms with Gasteiger partial charge in [0, 0.05) is 12.4 Å². The Balaban J connectivity index is -0.000000275. The molecule has 0 amide bonds. The fourth-order valence-corrected chi connectivity index (χ4v) is 7.13. The molecular formula is C80H129N. The van der Waals surface area contributed by atoms with Crippen LogP contribution in [0.25, 0.3) is 0 Å². The van der Waals surface area contributed by atoms with Crippen LogP contribution in [0.3, 0.4) is 0 Å². The van der Waals surface area contributed by atoms with Crippen LogP contribution in [0.2, 0.25) is 0 Å². The lowest BCUT2D eigenvalue weighted by atomic mass is 9.87. The standard InChI is InChI=1S/6C11H16.C9H13N.5CH4/c6*1-9-5-7-10(8-6-9)11(2,3)4;1-9(2,3)8-5-4-6-10-7-8;;;;;/h6*5-8H,1-4H3;4-7H,1-3H3;5*1H4. The van der Waals surface area contributed by atoms with E-state index < -0.39 is 0 Å². The van der Waals surface area contributed by atoms with Gasteiger partial charge < -0.3 is 0 Å². The first-order chi connectivity index (χ1) is 34.6. The molecule has 1 heteroatoms. The minimum atomic E-state index is 0. The molecule has 1 nitrogen and oxygen atoms in total. The molecule has 0 atom stereocenters. The highest BCUT2D eigenvalue weighted by atomic mass is 14.6. The minimum Gasteiger partial charge on any atom is -0.264 e. The number of rotatable bonds is 0. The third-order valence-electron chi connectivity index (χ3n) is 13.0.